The fraction of sp³-hybridized carbons (Fsp3) is 0.0417. The fourth-order valence-corrected chi connectivity index (χ4v) is 5.05. The van der Waals surface area contributed by atoms with E-state index in [1.807, 2.05) is 0 Å². The van der Waals surface area contributed by atoms with E-state index < -0.39 is 17.7 Å². The maximum absolute atomic E-state index is 13.2. The number of hydrogen-bond acceptors (Lipinski definition) is 6. The third-order valence-corrected chi connectivity index (χ3v) is 6.48. The minimum Gasteiger partial charge on any atom is -0.508 e. The van der Waals surface area contributed by atoms with Gasteiger partial charge < -0.3 is 10.2 Å². The standard InChI is InChI=1S/C24H15ClN2O4S/c25-15-9-10-17-18(12-15)32-24(26-17)27-20(14-7-4-8-16(28)11-14)19(22(30)23(27)31)21(29)13-5-2-1-3-6-13/h1-12,20,28-29H. The summed E-state index contributed by atoms with van der Waals surface area (Å²) in [7, 11) is 0. The highest BCUT2D eigenvalue weighted by Crippen LogP contribution is 2.44. The molecule has 2 N–H and O–H groups in total. The Labute approximate surface area is 191 Å². The summed E-state index contributed by atoms with van der Waals surface area (Å²) in [6.07, 6.45) is 0. The number of aliphatic hydroxyl groups excluding tert-OH is 1. The molecule has 0 saturated carbocycles. The summed E-state index contributed by atoms with van der Waals surface area (Å²) in [5.41, 5.74) is 1.45. The third-order valence-electron chi connectivity index (χ3n) is 5.22. The van der Waals surface area contributed by atoms with Gasteiger partial charge in [0.2, 0.25) is 0 Å². The second-order valence-electron chi connectivity index (χ2n) is 7.24. The maximum atomic E-state index is 13.2. The number of benzene rings is 3. The van der Waals surface area contributed by atoms with Crippen LogP contribution in [0.2, 0.25) is 5.02 Å². The molecule has 2 heterocycles. The topological polar surface area (TPSA) is 90.7 Å². The zero-order chi connectivity index (χ0) is 22.4. The quantitative estimate of drug-likeness (QED) is 0.245. The van der Waals surface area contributed by atoms with E-state index in [1.165, 1.54) is 28.4 Å². The number of anilines is 1. The number of aromatic hydroxyl groups is 1. The van der Waals surface area contributed by atoms with Crippen LogP contribution >= 0.6 is 22.9 Å². The molecule has 1 fully saturated rings. The lowest BCUT2D eigenvalue weighted by molar-refractivity contribution is -0.132. The Morgan fingerprint density at radius 1 is 1.00 bits per heavy atom. The lowest BCUT2D eigenvalue weighted by Crippen LogP contribution is -2.29. The van der Waals surface area contributed by atoms with Crippen LogP contribution in [0.25, 0.3) is 16.0 Å². The van der Waals surface area contributed by atoms with Crippen LogP contribution in [0.15, 0.2) is 78.4 Å². The molecule has 3 aromatic carbocycles. The normalized spacial score (nSPS) is 17.9. The highest BCUT2D eigenvalue weighted by Gasteiger charge is 2.48. The molecule has 1 aromatic heterocycles. The minimum atomic E-state index is -0.960. The number of thiazole rings is 1. The summed E-state index contributed by atoms with van der Waals surface area (Å²) in [5, 5.41) is 21.9. The van der Waals surface area contributed by atoms with Crippen LogP contribution in [0.4, 0.5) is 5.13 Å². The lowest BCUT2D eigenvalue weighted by Gasteiger charge is -2.23. The van der Waals surface area contributed by atoms with Crippen molar-refractivity contribution in [2.24, 2.45) is 0 Å². The Morgan fingerprint density at radius 2 is 1.78 bits per heavy atom. The molecule has 1 aliphatic rings. The molecule has 5 rings (SSSR count). The van der Waals surface area contributed by atoms with E-state index in [-0.39, 0.29) is 17.1 Å². The number of halogens is 1. The van der Waals surface area contributed by atoms with Crippen molar-refractivity contribution in [2.75, 3.05) is 4.90 Å². The number of rotatable bonds is 3. The molecule has 0 radical (unpaired) electrons. The number of ketones is 1. The van der Waals surface area contributed by atoms with E-state index in [2.05, 4.69) is 4.98 Å². The van der Waals surface area contributed by atoms with E-state index in [4.69, 9.17) is 11.6 Å². The van der Waals surface area contributed by atoms with Crippen molar-refractivity contribution in [3.63, 3.8) is 0 Å². The lowest BCUT2D eigenvalue weighted by atomic mass is 9.95. The van der Waals surface area contributed by atoms with Gasteiger partial charge in [-0.15, -0.1) is 0 Å². The zero-order valence-corrected chi connectivity index (χ0v) is 18.0. The second-order valence-corrected chi connectivity index (χ2v) is 8.68. The number of Topliss-reactive ketones (excluding diaryl/α,β-unsaturated/α-hetero) is 1. The number of phenols is 1. The van der Waals surface area contributed by atoms with E-state index in [0.29, 0.717) is 26.8 Å². The molecule has 32 heavy (non-hydrogen) atoms. The number of amides is 1. The van der Waals surface area contributed by atoms with Crippen LogP contribution < -0.4 is 4.90 Å². The number of hydrogen-bond donors (Lipinski definition) is 2. The van der Waals surface area contributed by atoms with Crippen molar-refractivity contribution in [2.45, 2.75) is 6.04 Å². The van der Waals surface area contributed by atoms with E-state index in [9.17, 15) is 19.8 Å². The van der Waals surface area contributed by atoms with Crippen molar-refractivity contribution >= 4 is 55.7 Å². The van der Waals surface area contributed by atoms with Gasteiger partial charge in [0.05, 0.1) is 21.8 Å². The first-order valence-electron chi connectivity index (χ1n) is 9.65. The SMILES string of the molecule is O=C1C(=O)N(c2nc3ccc(Cl)cc3s2)C(c2cccc(O)c2)C1=C(O)c1ccccc1. The molecule has 6 nitrogen and oxygen atoms in total. The molecule has 8 heteroatoms. The molecule has 0 spiro atoms. The summed E-state index contributed by atoms with van der Waals surface area (Å²) in [4.78, 5) is 32.1. The van der Waals surface area contributed by atoms with Crippen LogP contribution in [0.1, 0.15) is 17.2 Å². The van der Waals surface area contributed by atoms with Crippen molar-refractivity contribution in [1.82, 2.24) is 4.98 Å². The van der Waals surface area contributed by atoms with Gasteiger partial charge >= 0.3 is 5.91 Å². The first-order valence-corrected chi connectivity index (χ1v) is 10.8. The number of aliphatic hydroxyl groups is 1. The third kappa shape index (κ3) is 3.32. The highest BCUT2D eigenvalue weighted by atomic mass is 35.5. The van der Waals surface area contributed by atoms with Gasteiger partial charge in [-0.05, 0) is 35.9 Å². The number of carbonyl (C=O) groups excluding carboxylic acids is 2. The summed E-state index contributed by atoms with van der Waals surface area (Å²) in [5.74, 6) is -1.94. The van der Waals surface area contributed by atoms with Crippen LogP contribution in [0.5, 0.6) is 5.75 Å². The van der Waals surface area contributed by atoms with Crippen molar-refractivity contribution in [1.29, 1.82) is 0 Å². The van der Waals surface area contributed by atoms with Crippen molar-refractivity contribution in [3.8, 4) is 5.75 Å². The summed E-state index contributed by atoms with van der Waals surface area (Å²) < 4.78 is 0.757. The van der Waals surface area contributed by atoms with Gasteiger partial charge in [0.1, 0.15) is 11.5 Å². The van der Waals surface area contributed by atoms with Crippen LogP contribution in [-0.2, 0) is 9.59 Å². The Morgan fingerprint density at radius 3 is 2.53 bits per heavy atom. The molecule has 1 saturated heterocycles. The van der Waals surface area contributed by atoms with Crippen LogP contribution in [0.3, 0.4) is 0 Å². The molecular weight excluding hydrogens is 448 g/mol. The van der Waals surface area contributed by atoms with Crippen LogP contribution in [-0.4, -0.2) is 26.9 Å². The molecule has 4 aromatic rings. The smallest absolute Gasteiger partial charge is 0.301 e. The number of phenolic OH excluding ortho intramolecular Hbond substituents is 1. The fourth-order valence-electron chi connectivity index (χ4n) is 3.78. The highest BCUT2D eigenvalue weighted by molar-refractivity contribution is 7.22. The Hall–Kier alpha value is -3.68. The maximum Gasteiger partial charge on any atom is 0.301 e. The Bertz CT molecular complexity index is 1410. The first kappa shape index (κ1) is 20.2. The van der Waals surface area contributed by atoms with E-state index >= 15 is 0 Å². The predicted molar refractivity (Wildman–Crippen MR) is 124 cm³/mol. The average Bonchev–Trinajstić information content (AvgIpc) is 3.32. The molecule has 0 aliphatic carbocycles. The summed E-state index contributed by atoms with van der Waals surface area (Å²) >= 11 is 7.31. The van der Waals surface area contributed by atoms with E-state index in [1.54, 1.807) is 60.7 Å². The molecular formula is C24H15ClN2O4S. The Kier molecular flexibility index (Phi) is 4.92. The Balaban J connectivity index is 1.75. The van der Waals surface area contributed by atoms with Gasteiger partial charge in [-0.1, -0.05) is 65.4 Å². The van der Waals surface area contributed by atoms with Gasteiger partial charge in [0, 0.05) is 10.6 Å². The van der Waals surface area contributed by atoms with Crippen molar-refractivity contribution < 1.29 is 19.8 Å². The molecule has 1 amide bonds. The van der Waals surface area contributed by atoms with Crippen molar-refractivity contribution in [3.05, 3.63) is 94.5 Å². The molecule has 0 bridgehead atoms. The number of aromatic nitrogens is 1. The van der Waals surface area contributed by atoms with Gasteiger partial charge in [-0.2, -0.15) is 0 Å². The number of nitrogens with zero attached hydrogens (tertiary/aromatic N) is 2. The molecule has 1 atom stereocenters. The molecule has 158 valence electrons. The van der Waals surface area contributed by atoms with E-state index in [0.717, 1.165) is 4.70 Å². The van der Waals surface area contributed by atoms with Gasteiger partial charge in [-0.3, -0.25) is 14.5 Å². The minimum absolute atomic E-state index is 0.0242. The zero-order valence-electron chi connectivity index (χ0n) is 16.4. The average molecular weight is 463 g/mol. The summed E-state index contributed by atoms with van der Waals surface area (Å²) in [6, 6.07) is 19.0. The molecule has 1 unspecified atom stereocenters. The first-order chi connectivity index (χ1) is 15.4. The largest absolute Gasteiger partial charge is 0.508 e. The van der Waals surface area contributed by atoms with Gasteiger partial charge in [0.25, 0.3) is 5.78 Å². The monoisotopic (exact) mass is 462 g/mol. The van der Waals surface area contributed by atoms with Crippen LogP contribution in [0, 0.1) is 0 Å². The second kappa shape index (κ2) is 7.78. The number of carbonyl (C=O) groups is 2. The van der Waals surface area contributed by atoms with Gasteiger partial charge in [-0.25, -0.2) is 4.98 Å². The number of fused-ring (bicyclic) bond motifs is 1. The summed E-state index contributed by atoms with van der Waals surface area (Å²) in [6.45, 7) is 0. The molecule has 1 aliphatic heterocycles. The predicted octanol–water partition coefficient (Wildman–Crippen LogP) is 5.28. The van der Waals surface area contributed by atoms with Gasteiger partial charge in [0.15, 0.2) is 5.13 Å².